The molecule has 0 bridgehead atoms. The average Bonchev–Trinajstić information content (AvgIpc) is 2.46. The Labute approximate surface area is 130 Å². The van der Waals surface area contributed by atoms with Gasteiger partial charge in [0.1, 0.15) is 16.0 Å². The summed E-state index contributed by atoms with van der Waals surface area (Å²) in [4.78, 5) is 0. The SMILES string of the molecule is COc1ccc(C(N)C2CCCC(C)C2)c(OC)c1Br. The number of nitrogens with two attached hydrogens (primary N) is 1. The molecule has 2 rings (SSSR count). The molecule has 3 unspecified atom stereocenters. The van der Waals surface area contributed by atoms with Gasteiger partial charge < -0.3 is 15.2 Å². The molecule has 0 aliphatic heterocycles. The highest BCUT2D eigenvalue weighted by Crippen LogP contribution is 2.43. The van der Waals surface area contributed by atoms with Crippen molar-refractivity contribution in [1.82, 2.24) is 0 Å². The zero-order valence-corrected chi connectivity index (χ0v) is 14.1. The minimum absolute atomic E-state index is 0.0231. The Kier molecular flexibility index (Phi) is 5.33. The third kappa shape index (κ3) is 3.12. The smallest absolute Gasteiger partial charge is 0.141 e. The van der Waals surface area contributed by atoms with E-state index < -0.39 is 0 Å². The van der Waals surface area contributed by atoms with Crippen molar-refractivity contribution in [3.8, 4) is 11.5 Å². The van der Waals surface area contributed by atoms with Gasteiger partial charge in [0, 0.05) is 11.6 Å². The van der Waals surface area contributed by atoms with E-state index in [1.165, 1.54) is 25.7 Å². The monoisotopic (exact) mass is 341 g/mol. The Morgan fingerprint density at radius 2 is 2.00 bits per heavy atom. The van der Waals surface area contributed by atoms with Gasteiger partial charge >= 0.3 is 0 Å². The normalized spacial score (nSPS) is 24.2. The maximum Gasteiger partial charge on any atom is 0.141 e. The van der Waals surface area contributed by atoms with E-state index in [2.05, 4.69) is 22.9 Å². The molecule has 0 radical (unpaired) electrons. The van der Waals surface area contributed by atoms with E-state index >= 15 is 0 Å². The molecule has 1 saturated carbocycles. The second-order valence-corrected chi connectivity index (χ2v) is 6.55. The van der Waals surface area contributed by atoms with E-state index in [1.807, 2.05) is 12.1 Å². The van der Waals surface area contributed by atoms with E-state index in [-0.39, 0.29) is 6.04 Å². The summed E-state index contributed by atoms with van der Waals surface area (Å²) in [6.45, 7) is 2.32. The Hall–Kier alpha value is -0.740. The zero-order valence-electron chi connectivity index (χ0n) is 12.5. The van der Waals surface area contributed by atoms with Gasteiger partial charge in [-0.05, 0) is 52.7 Å². The van der Waals surface area contributed by atoms with Crippen molar-refractivity contribution in [3.63, 3.8) is 0 Å². The van der Waals surface area contributed by atoms with Crippen LogP contribution in [0.3, 0.4) is 0 Å². The van der Waals surface area contributed by atoms with Crippen molar-refractivity contribution in [1.29, 1.82) is 0 Å². The van der Waals surface area contributed by atoms with Gasteiger partial charge in [-0.2, -0.15) is 0 Å². The third-order valence-electron chi connectivity index (χ3n) is 4.36. The molecule has 1 fully saturated rings. The Morgan fingerprint density at radius 3 is 2.60 bits per heavy atom. The van der Waals surface area contributed by atoms with E-state index in [4.69, 9.17) is 15.2 Å². The van der Waals surface area contributed by atoms with Crippen molar-refractivity contribution in [2.24, 2.45) is 17.6 Å². The van der Waals surface area contributed by atoms with Crippen LogP contribution >= 0.6 is 15.9 Å². The van der Waals surface area contributed by atoms with Gasteiger partial charge in [-0.25, -0.2) is 0 Å². The number of methoxy groups -OCH3 is 2. The topological polar surface area (TPSA) is 44.5 Å². The fraction of sp³-hybridized carbons (Fsp3) is 0.625. The van der Waals surface area contributed by atoms with Crippen LogP contribution in [0, 0.1) is 11.8 Å². The van der Waals surface area contributed by atoms with Crippen LogP contribution in [0.25, 0.3) is 0 Å². The summed E-state index contributed by atoms with van der Waals surface area (Å²) in [7, 11) is 3.33. The van der Waals surface area contributed by atoms with Gasteiger partial charge in [-0.3, -0.25) is 0 Å². The third-order valence-corrected chi connectivity index (χ3v) is 5.11. The first-order chi connectivity index (χ1) is 9.58. The summed E-state index contributed by atoms with van der Waals surface area (Å²) < 4.78 is 11.7. The first-order valence-electron chi connectivity index (χ1n) is 7.24. The Morgan fingerprint density at radius 1 is 1.25 bits per heavy atom. The number of hydrogen-bond donors (Lipinski definition) is 1. The van der Waals surface area contributed by atoms with Gasteiger partial charge in [0.15, 0.2) is 0 Å². The summed E-state index contributed by atoms with van der Waals surface area (Å²) in [5.41, 5.74) is 7.60. The molecular formula is C16H24BrNO2. The summed E-state index contributed by atoms with van der Waals surface area (Å²) >= 11 is 3.55. The summed E-state index contributed by atoms with van der Waals surface area (Å²) in [6, 6.07) is 4.01. The summed E-state index contributed by atoms with van der Waals surface area (Å²) in [5.74, 6) is 2.88. The fourth-order valence-electron chi connectivity index (χ4n) is 3.24. The Balaban J connectivity index is 2.29. The molecule has 1 aromatic carbocycles. The maximum atomic E-state index is 6.53. The van der Waals surface area contributed by atoms with Crippen LogP contribution in [0.15, 0.2) is 16.6 Å². The lowest BCUT2D eigenvalue weighted by Gasteiger charge is -2.32. The van der Waals surface area contributed by atoms with Crippen molar-refractivity contribution in [2.75, 3.05) is 14.2 Å². The van der Waals surface area contributed by atoms with E-state index in [9.17, 15) is 0 Å². The molecule has 1 aliphatic rings. The zero-order chi connectivity index (χ0) is 14.7. The van der Waals surface area contributed by atoms with Crippen molar-refractivity contribution in [3.05, 3.63) is 22.2 Å². The Bertz CT molecular complexity index is 464. The molecule has 0 aromatic heterocycles. The van der Waals surface area contributed by atoms with Crippen molar-refractivity contribution in [2.45, 2.75) is 38.6 Å². The summed E-state index contributed by atoms with van der Waals surface area (Å²) in [5, 5.41) is 0. The molecule has 3 atom stereocenters. The molecule has 2 N–H and O–H groups in total. The predicted molar refractivity (Wildman–Crippen MR) is 85.3 cm³/mol. The molecular weight excluding hydrogens is 318 g/mol. The van der Waals surface area contributed by atoms with Crippen LogP contribution in [-0.4, -0.2) is 14.2 Å². The molecule has 0 amide bonds. The van der Waals surface area contributed by atoms with Crippen LogP contribution in [0.4, 0.5) is 0 Å². The molecule has 0 heterocycles. The lowest BCUT2D eigenvalue weighted by atomic mass is 9.77. The highest BCUT2D eigenvalue weighted by molar-refractivity contribution is 9.10. The first kappa shape index (κ1) is 15.6. The van der Waals surface area contributed by atoms with Gasteiger partial charge in [0.2, 0.25) is 0 Å². The van der Waals surface area contributed by atoms with Gasteiger partial charge in [0.05, 0.1) is 14.2 Å². The number of ether oxygens (including phenoxy) is 2. The van der Waals surface area contributed by atoms with Crippen LogP contribution < -0.4 is 15.2 Å². The standard InChI is InChI=1S/C16H24BrNO2/c1-10-5-4-6-11(9-10)15(18)12-7-8-13(19-2)14(17)16(12)20-3/h7-8,10-11,15H,4-6,9,18H2,1-3H3. The van der Waals surface area contributed by atoms with Crippen molar-refractivity contribution >= 4 is 15.9 Å². The second-order valence-electron chi connectivity index (χ2n) is 5.76. The lowest BCUT2D eigenvalue weighted by molar-refractivity contribution is 0.244. The van der Waals surface area contributed by atoms with Crippen LogP contribution in [0.2, 0.25) is 0 Å². The molecule has 0 spiro atoms. The van der Waals surface area contributed by atoms with Crippen molar-refractivity contribution < 1.29 is 9.47 Å². The van der Waals surface area contributed by atoms with E-state index in [1.54, 1.807) is 14.2 Å². The minimum Gasteiger partial charge on any atom is -0.495 e. The highest BCUT2D eigenvalue weighted by Gasteiger charge is 2.28. The number of hydrogen-bond acceptors (Lipinski definition) is 3. The highest BCUT2D eigenvalue weighted by atomic mass is 79.9. The molecule has 112 valence electrons. The summed E-state index contributed by atoms with van der Waals surface area (Å²) in [6.07, 6.45) is 5.01. The van der Waals surface area contributed by atoms with Gasteiger partial charge in [-0.1, -0.05) is 19.8 Å². The second kappa shape index (κ2) is 6.81. The molecule has 0 saturated heterocycles. The van der Waals surface area contributed by atoms with E-state index in [0.29, 0.717) is 5.92 Å². The van der Waals surface area contributed by atoms with Gasteiger partial charge in [0.25, 0.3) is 0 Å². The quantitative estimate of drug-likeness (QED) is 0.888. The van der Waals surface area contributed by atoms with E-state index in [0.717, 1.165) is 27.5 Å². The number of halogens is 1. The largest absolute Gasteiger partial charge is 0.495 e. The van der Waals surface area contributed by atoms with Gasteiger partial charge in [-0.15, -0.1) is 0 Å². The first-order valence-corrected chi connectivity index (χ1v) is 8.03. The molecule has 1 aromatic rings. The average molecular weight is 342 g/mol. The van der Waals surface area contributed by atoms with Crippen LogP contribution in [-0.2, 0) is 0 Å². The fourth-order valence-corrected chi connectivity index (χ4v) is 3.93. The maximum absolute atomic E-state index is 6.53. The molecule has 4 heteroatoms. The molecule has 1 aliphatic carbocycles. The van der Waals surface area contributed by atoms with Crippen LogP contribution in [0.5, 0.6) is 11.5 Å². The molecule has 20 heavy (non-hydrogen) atoms. The molecule has 3 nitrogen and oxygen atoms in total. The lowest BCUT2D eigenvalue weighted by Crippen LogP contribution is -2.26. The number of benzene rings is 1. The van der Waals surface area contributed by atoms with Crippen LogP contribution in [0.1, 0.15) is 44.2 Å². The predicted octanol–water partition coefficient (Wildman–Crippen LogP) is 4.29. The minimum atomic E-state index is 0.0231. The number of rotatable bonds is 4.